The van der Waals surface area contributed by atoms with Crippen LogP contribution in [0.1, 0.15) is 20.8 Å². The maximum atomic E-state index is 13.7. The largest absolute Gasteiger partial charge is 0.355 e. The zero-order chi connectivity index (χ0) is 16.4. The molecule has 0 aliphatic heterocycles. The summed E-state index contributed by atoms with van der Waals surface area (Å²) in [6.45, 7) is 0. The normalized spacial score (nSPS) is 10.5. The second-order valence-corrected chi connectivity index (χ2v) is 4.99. The number of H-pyrrole nitrogens is 1. The highest BCUT2D eigenvalue weighted by molar-refractivity contribution is 6.06. The first-order chi connectivity index (χ1) is 11.1. The summed E-state index contributed by atoms with van der Waals surface area (Å²) >= 11 is 0. The molecule has 1 heterocycles. The maximum absolute atomic E-state index is 13.7. The van der Waals surface area contributed by atoms with Gasteiger partial charge in [0.2, 0.25) is 0 Å². The number of carbonyl (C=O) groups is 2. The second kappa shape index (κ2) is 5.92. The van der Waals surface area contributed by atoms with Gasteiger partial charge in [-0.05, 0) is 42.5 Å². The zero-order valence-electron chi connectivity index (χ0n) is 12.3. The van der Waals surface area contributed by atoms with Crippen molar-refractivity contribution in [2.75, 3.05) is 12.4 Å². The van der Waals surface area contributed by atoms with Gasteiger partial charge in [-0.15, -0.1) is 0 Å². The number of anilines is 1. The van der Waals surface area contributed by atoms with Gasteiger partial charge in [-0.3, -0.25) is 9.59 Å². The molecule has 3 aromatic rings. The first-order valence-corrected chi connectivity index (χ1v) is 6.99. The number of benzene rings is 2. The molecule has 0 atom stereocenters. The SMILES string of the molecule is CNC(=O)c1ccc(NC(=O)c2cc3c(F)cccc3[nH]2)cc1. The van der Waals surface area contributed by atoms with Crippen LogP contribution in [0.5, 0.6) is 0 Å². The monoisotopic (exact) mass is 311 g/mol. The van der Waals surface area contributed by atoms with Crippen LogP contribution in [-0.2, 0) is 0 Å². The van der Waals surface area contributed by atoms with E-state index in [2.05, 4.69) is 15.6 Å². The molecule has 6 heteroatoms. The molecule has 0 saturated carbocycles. The van der Waals surface area contributed by atoms with Crippen LogP contribution < -0.4 is 10.6 Å². The molecule has 0 aliphatic rings. The van der Waals surface area contributed by atoms with Crippen LogP contribution in [0.2, 0.25) is 0 Å². The van der Waals surface area contributed by atoms with E-state index in [0.29, 0.717) is 22.2 Å². The fourth-order valence-electron chi connectivity index (χ4n) is 2.29. The summed E-state index contributed by atoms with van der Waals surface area (Å²) in [5.41, 5.74) is 1.87. The summed E-state index contributed by atoms with van der Waals surface area (Å²) < 4.78 is 13.7. The minimum absolute atomic E-state index is 0.200. The van der Waals surface area contributed by atoms with E-state index in [9.17, 15) is 14.0 Å². The number of halogens is 1. The summed E-state index contributed by atoms with van der Waals surface area (Å²) in [5, 5.41) is 5.59. The number of aromatic amines is 1. The van der Waals surface area contributed by atoms with Gasteiger partial charge in [-0.1, -0.05) is 6.07 Å². The van der Waals surface area contributed by atoms with Crippen LogP contribution in [-0.4, -0.2) is 23.8 Å². The molecule has 2 aromatic carbocycles. The van der Waals surface area contributed by atoms with Crippen molar-refractivity contribution >= 4 is 28.4 Å². The third-order valence-electron chi connectivity index (χ3n) is 3.49. The predicted octanol–water partition coefficient (Wildman–Crippen LogP) is 2.92. The molecule has 0 radical (unpaired) electrons. The number of nitrogens with one attached hydrogen (secondary N) is 3. The molecule has 0 aliphatic carbocycles. The Labute approximate surface area is 131 Å². The fraction of sp³-hybridized carbons (Fsp3) is 0.0588. The highest BCUT2D eigenvalue weighted by Gasteiger charge is 2.12. The molecule has 2 amide bonds. The Morgan fingerprint density at radius 1 is 1.04 bits per heavy atom. The van der Waals surface area contributed by atoms with Crippen LogP contribution >= 0.6 is 0 Å². The van der Waals surface area contributed by atoms with Crippen LogP contribution in [0, 0.1) is 5.82 Å². The van der Waals surface area contributed by atoms with Crippen molar-refractivity contribution in [3.05, 3.63) is 65.6 Å². The third-order valence-corrected chi connectivity index (χ3v) is 3.49. The topological polar surface area (TPSA) is 74.0 Å². The Morgan fingerprint density at radius 2 is 1.78 bits per heavy atom. The molecule has 5 nitrogen and oxygen atoms in total. The number of amides is 2. The van der Waals surface area contributed by atoms with Gasteiger partial charge in [0, 0.05) is 29.2 Å². The molecule has 116 valence electrons. The summed E-state index contributed by atoms with van der Waals surface area (Å²) in [7, 11) is 1.55. The van der Waals surface area contributed by atoms with Crippen molar-refractivity contribution in [1.29, 1.82) is 0 Å². The van der Waals surface area contributed by atoms with E-state index in [1.54, 1.807) is 43.4 Å². The average Bonchev–Trinajstić information content (AvgIpc) is 3.00. The second-order valence-electron chi connectivity index (χ2n) is 4.99. The Kier molecular flexibility index (Phi) is 3.80. The molecular weight excluding hydrogens is 297 g/mol. The first kappa shape index (κ1) is 14.8. The lowest BCUT2D eigenvalue weighted by molar-refractivity contribution is 0.0962. The molecule has 0 unspecified atom stereocenters. The summed E-state index contributed by atoms with van der Waals surface area (Å²) in [6, 6.07) is 12.6. The van der Waals surface area contributed by atoms with E-state index in [1.165, 1.54) is 12.1 Å². The minimum Gasteiger partial charge on any atom is -0.355 e. The van der Waals surface area contributed by atoms with Gasteiger partial charge < -0.3 is 15.6 Å². The summed E-state index contributed by atoms with van der Waals surface area (Å²) in [6.07, 6.45) is 0. The number of aromatic nitrogens is 1. The molecule has 23 heavy (non-hydrogen) atoms. The number of rotatable bonds is 3. The maximum Gasteiger partial charge on any atom is 0.272 e. The lowest BCUT2D eigenvalue weighted by atomic mass is 10.2. The van der Waals surface area contributed by atoms with Crippen LogP contribution in [0.25, 0.3) is 10.9 Å². The number of fused-ring (bicyclic) bond motifs is 1. The van der Waals surface area contributed by atoms with Gasteiger partial charge in [-0.2, -0.15) is 0 Å². The summed E-state index contributed by atoms with van der Waals surface area (Å²) in [5.74, 6) is -0.963. The molecule has 0 saturated heterocycles. The number of carbonyl (C=O) groups excluding carboxylic acids is 2. The molecule has 3 rings (SSSR count). The number of hydrogen-bond acceptors (Lipinski definition) is 2. The molecule has 3 N–H and O–H groups in total. The molecule has 0 spiro atoms. The lowest BCUT2D eigenvalue weighted by Crippen LogP contribution is -2.18. The van der Waals surface area contributed by atoms with Crippen molar-refractivity contribution < 1.29 is 14.0 Å². The minimum atomic E-state index is -0.382. The van der Waals surface area contributed by atoms with Crippen LogP contribution in [0.3, 0.4) is 0 Å². The Morgan fingerprint density at radius 3 is 2.43 bits per heavy atom. The van der Waals surface area contributed by atoms with Crippen molar-refractivity contribution in [1.82, 2.24) is 10.3 Å². The van der Waals surface area contributed by atoms with Crippen molar-refractivity contribution in [2.24, 2.45) is 0 Å². The molecule has 0 fully saturated rings. The van der Waals surface area contributed by atoms with E-state index >= 15 is 0 Å². The van der Waals surface area contributed by atoms with Crippen molar-refractivity contribution in [3.8, 4) is 0 Å². The average molecular weight is 311 g/mol. The van der Waals surface area contributed by atoms with Gasteiger partial charge in [0.05, 0.1) is 0 Å². The number of hydrogen-bond donors (Lipinski definition) is 3. The molecular formula is C17H14FN3O2. The van der Waals surface area contributed by atoms with Crippen molar-refractivity contribution in [3.63, 3.8) is 0 Å². The standard InChI is InChI=1S/C17H14FN3O2/c1-19-16(22)10-5-7-11(8-6-10)20-17(23)15-9-12-13(18)3-2-4-14(12)21-15/h2-9,21H,1H3,(H,19,22)(H,20,23). The van der Waals surface area contributed by atoms with E-state index in [0.717, 1.165) is 0 Å². The van der Waals surface area contributed by atoms with E-state index in [4.69, 9.17) is 0 Å². The molecule has 1 aromatic heterocycles. The Balaban J connectivity index is 1.80. The van der Waals surface area contributed by atoms with E-state index in [1.807, 2.05) is 0 Å². The highest BCUT2D eigenvalue weighted by Crippen LogP contribution is 2.19. The Hall–Kier alpha value is -3.15. The van der Waals surface area contributed by atoms with E-state index < -0.39 is 0 Å². The zero-order valence-corrected chi connectivity index (χ0v) is 12.3. The van der Waals surface area contributed by atoms with Gasteiger partial charge in [0.15, 0.2) is 0 Å². The van der Waals surface area contributed by atoms with Gasteiger partial charge >= 0.3 is 0 Å². The lowest BCUT2D eigenvalue weighted by Gasteiger charge is -2.05. The predicted molar refractivity (Wildman–Crippen MR) is 86.0 cm³/mol. The third kappa shape index (κ3) is 2.91. The van der Waals surface area contributed by atoms with Crippen molar-refractivity contribution in [2.45, 2.75) is 0 Å². The summed E-state index contributed by atoms with van der Waals surface area (Å²) in [4.78, 5) is 26.6. The quantitative estimate of drug-likeness (QED) is 0.696. The van der Waals surface area contributed by atoms with Gasteiger partial charge in [0.25, 0.3) is 11.8 Å². The van der Waals surface area contributed by atoms with Gasteiger partial charge in [-0.25, -0.2) is 4.39 Å². The fourth-order valence-corrected chi connectivity index (χ4v) is 2.29. The molecule has 0 bridgehead atoms. The van der Waals surface area contributed by atoms with E-state index in [-0.39, 0.29) is 23.3 Å². The van der Waals surface area contributed by atoms with Crippen LogP contribution in [0.4, 0.5) is 10.1 Å². The van der Waals surface area contributed by atoms with Gasteiger partial charge in [0.1, 0.15) is 11.5 Å². The highest BCUT2D eigenvalue weighted by atomic mass is 19.1. The smallest absolute Gasteiger partial charge is 0.272 e. The van der Waals surface area contributed by atoms with Crippen LogP contribution in [0.15, 0.2) is 48.5 Å². The Bertz CT molecular complexity index is 884. The first-order valence-electron chi connectivity index (χ1n) is 6.99.